The largest absolute Gasteiger partial charge is 0.493 e. The molecule has 8 heteroatoms. The monoisotopic (exact) mass is 503 g/mol. The zero-order valence-electron chi connectivity index (χ0n) is 22.1. The fourth-order valence-corrected chi connectivity index (χ4v) is 4.02. The van der Waals surface area contributed by atoms with Crippen molar-refractivity contribution >= 4 is 29.4 Å². The lowest BCUT2D eigenvalue weighted by Crippen LogP contribution is -2.21. The van der Waals surface area contributed by atoms with E-state index in [0.717, 1.165) is 33.5 Å². The summed E-state index contributed by atoms with van der Waals surface area (Å²) in [6.07, 6.45) is 1.46. The molecule has 0 spiro atoms. The van der Waals surface area contributed by atoms with E-state index in [9.17, 15) is 9.59 Å². The van der Waals surface area contributed by atoms with Gasteiger partial charge in [0, 0.05) is 16.9 Å². The predicted octanol–water partition coefficient (Wildman–Crippen LogP) is 5.24. The summed E-state index contributed by atoms with van der Waals surface area (Å²) in [5, 5.41) is 9.56. The second kappa shape index (κ2) is 12.6. The molecule has 3 aromatic rings. The van der Waals surface area contributed by atoms with Crippen LogP contribution < -0.4 is 20.1 Å². The van der Waals surface area contributed by atoms with Gasteiger partial charge in [0.15, 0.2) is 24.7 Å². The first-order valence-electron chi connectivity index (χ1n) is 11.9. The summed E-state index contributed by atoms with van der Waals surface area (Å²) in [5.74, 6) is 0.279. The summed E-state index contributed by atoms with van der Waals surface area (Å²) in [7, 11) is 1.51. The van der Waals surface area contributed by atoms with Crippen LogP contribution in [0.4, 0.5) is 11.4 Å². The fraction of sp³-hybridized carbons (Fsp3) is 0.276. The van der Waals surface area contributed by atoms with Gasteiger partial charge in [-0.3, -0.25) is 9.59 Å². The van der Waals surface area contributed by atoms with Crippen molar-refractivity contribution in [3.05, 3.63) is 81.9 Å². The van der Waals surface area contributed by atoms with Gasteiger partial charge in [-0.2, -0.15) is 0 Å². The molecular formula is C29H33N3O5. The molecule has 0 radical (unpaired) electrons. The van der Waals surface area contributed by atoms with Crippen LogP contribution in [0.5, 0.6) is 11.5 Å². The van der Waals surface area contributed by atoms with E-state index in [1.807, 2.05) is 65.0 Å². The van der Waals surface area contributed by atoms with E-state index in [4.69, 9.17) is 14.3 Å². The van der Waals surface area contributed by atoms with Crippen LogP contribution in [0.25, 0.3) is 0 Å². The molecule has 0 saturated carbocycles. The highest BCUT2D eigenvalue weighted by atomic mass is 16.6. The zero-order valence-corrected chi connectivity index (χ0v) is 22.1. The Labute approximate surface area is 217 Å². The van der Waals surface area contributed by atoms with Crippen LogP contribution in [-0.4, -0.2) is 38.4 Å². The first-order valence-corrected chi connectivity index (χ1v) is 11.9. The summed E-state index contributed by atoms with van der Waals surface area (Å²) >= 11 is 0. The Bertz CT molecular complexity index is 1270. The highest BCUT2D eigenvalue weighted by molar-refractivity contribution is 5.93. The van der Waals surface area contributed by atoms with Crippen LogP contribution in [0.3, 0.4) is 0 Å². The van der Waals surface area contributed by atoms with Crippen molar-refractivity contribution in [2.75, 3.05) is 31.0 Å². The van der Waals surface area contributed by atoms with Crippen molar-refractivity contribution in [2.24, 2.45) is 5.16 Å². The van der Waals surface area contributed by atoms with Gasteiger partial charge in [-0.05, 0) is 87.2 Å². The lowest BCUT2D eigenvalue weighted by molar-refractivity contribution is -0.120. The average molecular weight is 504 g/mol. The molecule has 194 valence electrons. The molecule has 0 aliphatic rings. The number of rotatable bonds is 10. The number of amides is 2. The number of hydrogen-bond acceptors (Lipinski definition) is 6. The minimum atomic E-state index is -0.308. The van der Waals surface area contributed by atoms with E-state index < -0.39 is 0 Å². The van der Waals surface area contributed by atoms with Gasteiger partial charge in [0.2, 0.25) is 0 Å². The zero-order chi connectivity index (χ0) is 26.9. The number of benzene rings is 3. The fourth-order valence-electron chi connectivity index (χ4n) is 4.02. The van der Waals surface area contributed by atoms with Gasteiger partial charge in [0.1, 0.15) is 0 Å². The second-order valence-corrected chi connectivity index (χ2v) is 8.95. The third kappa shape index (κ3) is 8.10. The minimum absolute atomic E-state index is 0.171. The van der Waals surface area contributed by atoms with Gasteiger partial charge >= 0.3 is 0 Å². The predicted molar refractivity (Wildman–Crippen MR) is 146 cm³/mol. The minimum Gasteiger partial charge on any atom is -0.493 e. The maximum Gasteiger partial charge on any atom is 0.265 e. The molecule has 8 nitrogen and oxygen atoms in total. The SMILES string of the molecule is COc1cc(/C=N/OCC(=O)Nc2cc(C)cc(C)c2)ccc1OCC(=O)Nc1c(C)cc(C)cc1C. The van der Waals surface area contributed by atoms with E-state index in [1.54, 1.807) is 18.2 Å². The lowest BCUT2D eigenvalue weighted by atomic mass is 10.1. The number of ether oxygens (including phenoxy) is 2. The molecule has 0 aliphatic heterocycles. The molecule has 0 unspecified atom stereocenters. The number of hydrogen-bond donors (Lipinski definition) is 2. The molecular weight excluding hydrogens is 470 g/mol. The first kappa shape index (κ1) is 27.3. The Morgan fingerprint density at radius 3 is 2.05 bits per heavy atom. The second-order valence-electron chi connectivity index (χ2n) is 8.95. The van der Waals surface area contributed by atoms with Gasteiger partial charge in [-0.15, -0.1) is 0 Å². The van der Waals surface area contributed by atoms with Gasteiger partial charge < -0.3 is 24.9 Å². The molecule has 3 aromatic carbocycles. The van der Waals surface area contributed by atoms with Crippen molar-refractivity contribution in [2.45, 2.75) is 34.6 Å². The molecule has 2 N–H and O–H groups in total. The molecule has 0 bridgehead atoms. The highest BCUT2D eigenvalue weighted by Crippen LogP contribution is 2.28. The third-order valence-electron chi connectivity index (χ3n) is 5.47. The number of carbonyl (C=O) groups is 2. The summed E-state index contributed by atoms with van der Waals surface area (Å²) in [5.41, 5.74) is 7.45. The Morgan fingerprint density at radius 2 is 1.41 bits per heavy atom. The van der Waals surface area contributed by atoms with Crippen molar-refractivity contribution in [1.82, 2.24) is 0 Å². The maximum absolute atomic E-state index is 12.5. The van der Waals surface area contributed by atoms with Gasteiger partial charge in [-0.1, -0.05) is 28.9 Å². The van der Waals surface area contributed by atoms with Gasteiger partial charge in [0.05, 0.1) is 13.3 Å². The number of nitrogens with zero attached hydrogens (tertiary/aromatic N) is 1. The molecule has 0 heterocycles. The maximum atomic E-state index is 12.5. The molecule has 37 heavy (non-hydrogen) atoms. The Morgan fingerprint density at radius 1 is 0.784 bits per heavy atom. The van der Waals surface area contributed by atoms with E-state index in [1.165, 1.54) is 13.3 Å². The molecule has 0 fully saturated rings. The number of anilines is 2. The average Bonchev–Trinajstić information content (AvgIpc) is 2.82. The normalized spacial score (nSPS) is 10.8. The van der Waals surface area contributed by atoms with E-state index in [0.29, 0.717) is 22.7 Å². The summed E-state index contributed by atoms with van der Waals surface area (Å²) in [6, 6.07) is 15.0. The number of methoxy groups -OCH3 is 1. The molecule has 0 atom stereocenters. The van der Waals surface area contributed by atoms with Crippen LogP contribution in [0, 0.1) is 34.6 Å². The van der Waals surface area contributed by atoms with Gasteiger partial charge in [-0.25, -0.2) is 0 Å². The summed E-state index contributed by atoms with van der Waals surface area (Å²) in [6.45, 7) is 9.48. The first-order chi connectivity index (χ1) is 17.6. The van der Waals surface area contributed by atoms with Crippen LogP contribution in [0.1, 0.15) is 33.4 Å². The van der Waals surface area contributed by atoms with Crippen LogP contribution >= 0.6 is 0 Å². The summed E-state index contributed by atoms with van der Waals surface area (Å²) < 4.78 is 11.1. The van der Waals surface area contributed by atoms with Gasteiger partial charge in [0.25, 0.3) is 11.8 Å². The quantitative estimate of drug-likeness (QED) is 0.291. The number of carbonyl (C=O) groups excluding carboxylic acids is 2. The molecule has 0 saturated heterocycles. The molecule has 0 aliphatic carbocycles. The standard InChI is InChI=1S/C29H33N3O5/c1-18-9-19(2)13-24(12-18)31-28(34)17-37-30-15-23-7-8-25(26(14-23)35-6)36-16-27(33)32-29-21(4)10-20(3)11-22(29)5/h7-15H,16-17H2,1-6H3,(H,31,34)(H,32,33)/b30-15+. The van der Waals surface area contributed by atoms with Crippen molar-refractivity contribution in [3.8, 4) is 11.5 Å². The molecule has 3 rings (SSSR count). The van der Waals surface area contributed by atoms with E-state index in [-0.39, 0.29) is 25.0 Å². The number of aryl methyl sites for hydroxylation is 5. The third-order valence-corrected chi connectivity index (χ3v) is 5.47. The van der Waals surface area contributed by atoms with Crippen molar-refractivity contribution in [1.29, 1.82) is 0 Å². The molecule has 0 aromatic heterocycles. The van der Waals surface area contributed by atoms with Crippen LogP contribution in [0.15, 0.2) is 53.7 Å². The highest BCUT2D eigenvalue weighted by Gasteiger charge is 2.12. The van der Waals surface area contributed by atoms with Crippen molar-refractivity contribution < 1.29 is 23.9 Å². The smallest absolute Gasteiger partial charge is 0.265 e. The number of oxime groups is 1. The molecule has 2 amide bonds. The Kier molecular flexibility index (Phi) is 9.27. The van der Waals surface area contributed by atoms with Crippen molar-refractivity contribution in [3.63, 3.8) is 0 Å². The lowest BCUT2D eigenvalue weighted by Gasteiger charge is -2.14. The summed E-state index contributed by atoms with van der Waals surface area (Å²) in [4.78, 5) is 29.7. The Hall–Kier alpha value is -4.33. The van der Waals surface area contributed by atoms with E-state index >= 15 is 0 Å². The van der Waals surface area contributed by atoms with Crippen LogP contribution in [0.2, 0.25) is 0 Å². The van der Waals surface area contributed by atoms with E-state index in [2.05, 4.69) is 15.8 Å². The number of nitrogens with one attached hydrogen (secondary N) is 2. The Balaban J connectivity index is 1.51. The topological polar surface area (TPSA) is 98.2 Å². The van der Waals surface area contributed by atoms with Crippen LogP contribution in [-0.2, 0) is 14.4 Å².